The van der Waals surface area contributed by atoms with E-state index in [1.165, 1.54) is 0 Å². The molecule has 1 aliphatic heterocycles. The first kappa shape index (κ1) is 17.7. The molecule has 27 heavy (non-hydrogen) atoms. The molecule has 5 nitrogen and oxygen atoms in total. The maximum absolute atomic E-state index is 13.0. The molecular weight excluding hydrogens is 366 g/mol. The number of fused-ring (bicyclic) bond motifs is 1. The molecule has 2 aromatic rings. The molecule has 0 unspecified atom stereocenters. The molecule has 0 N–H and O–H groups in total. The molecule has 0 atom stereocenters. The fraction of sp³-hybridized carbons (Fsp3) is 0.286. The highest BCUT2D eigenvalue weighted by molar-refractivity contribution is 6.30. The van der Waals surface area contributed by atoms with Crippen LogP contribution in [0.1, 0.15) is 52.0 Å². The van der Waals surface area contributed by atoms with Gasteiger partial charge in [-0.25, -0.2) is 4.90 Å². The maximum atomic E-state index is 13.0. The Labute approximate surface area is 161 Å². The summed E-state index contributed by atoms with van der Waals surface area (Å²) < 4.78 is 5.48. The van der Waals surface area contributed by atoms with Crippen LogP contribution in [-0.2, 0) is 14.9 Å². The van der Waals surface area contributed by atoms with Crippen molar-refractivity contribution >= 4 is 29.4 Å². The summed E-state index contributed by atoms with van der Waals surface area (Å²) in [4.78, 5) is 38.8. The molecule has 2 amide bonds. The van der Waals surface area contributed by atoms with Gasteiger partial charge in [-0.3, -0.25) is 14.4 Å². The van der Waals surface area contributed by atoms with Crippen LogP contribution in [0.5, 0.6) is 0 Å². The lowest BCUT2D eigenvalue weighted by Crippen LogP contribution is -2.39. The molecule has 1 heterocycles. The summed E-state index contributed by atoms with van der Waals surface area (Å²) >= 11 is 5.97. The second-order valence-electron chi connectivity index (χ2n) is 6.94. The average molecular weight is 384 g/mol. The van der Waals surface area contributed by atoms with Crippen molar-refractivity contribution in [2.45, 2.75) is 31.1 Å². The van der Waals surface area contributed by atoms with Gasteiger partial charge in [0.25, 0.3) is 11.8 Å². The van der Waals surface area contributed by atoms with Crippen molar-refractivity contribution in [1.82, 2.24) is 4.90 Å². The zero-order chi connectivity index (χ0) is 19.0. The van der Waals surface area contributed by atoms with Gasteiger partial charge in [-0.15, -0.1) is 0 Å². The number of carbonyl (C=O) groups is 3. The Balaban J connectivity index is 1.53. The van der Waals surface area contributed by atoms with Crippen molar-refractivity contribution in [1.29, 1.82) is 0 Å². The lowest BCUT2D eigenvalue weighted by molar-refractivity contribution is -0.153. The van der Waals surface area contributed by atoms with Gasteiger partial charge in [-0.2, -0.15) is 0 Å². The summed E-state index contributed by atoms with van der Waals surface area (Å²) in [7, 11) is 0. The molecule has 1 fully saturated rings. The van der Waals surface area contributed by atoms with Gasteiger partial charge in [0.1, 0.15) is 0 Å². The predicted molar refractivity (Wildman–Crippen MR) is 99.5 cm³/mol. The smallest absolute Gasteiger partial charge is 0.318 e. The van der Waals surface area contributed by atoms with E-state index in [-0.39, 0.29) is 6.73 Å². The number of esters is 1. The first-order valence-electron chi connectivity index (χ1n) is 8.91. The number of hydrogen-bond donors (Lipinski definition) is 0. The number of rotatable bonds is 4. The Morgan fingerprint density at radius 3 is 2.07 bits per heavy atom. The lowest BCUT2D eigenvalue weighted by Gasteiger charge is -2.28. The third kappa shape index (κ3) is 2.92. The number of benzene rings is 2. The van der Waals surface area contributed by atoms with Gasteiger partial charge in [-0.05, 0) is 42.7 Å². The highest BCUT2D eigenvalue weighted by Crippen LogP contribution is 2.42. The van der Waals surface area contributed by atoms with Crippen molar-refractivity contribution in [2.24, 2.45) is 0 Å². The minimum absolute atomic E-state index is 0.340. The van der Waals surface area contributed by atoms with Gasteiger partial charge in [0.05, 0.1) is 16.5 Å². The van der Waals surface area contributed by atoms with Crippen LogP contribution < -0.4 is 0 Å². The molecule has 0 aromatic heterocycles. The van der Waals surface area contributed by atoms with E-state index in [0.29, 0.717) is 29.0 Å². The van der Waals surface area contributed by atoms with Gasteiger partial charge < -0.3 is 4.74 Å². The monoisotopic (exact) mass is 383 g/mol. The SMILES string of the molecule is O=C1c2ccccc2C(=O)N1COC(=O)C1(c2ccc(Cl)cc2)CCCC1. The van der Waals surface area contributed by atoms with Crippen LogP contribution in [0, 0.1) is 0 Å². The summed E-state index contributed by atoms with van der Waals surface area (Å²) in [6.45, 7) is -0.374. The molecule has 0 spiro atoms. The largest absolute Gasteiger partial charge is 0.443 e. The third-order valence-corrected chi connectivity index (χ3v) is 5.70. The van der Waals surface area contributed by atoms with E-state index in [2.05, 4.69) is 0 Å². The molecule has 4 rings (SSSR count). The van der Waals surface area contributed by atoms with Crippen molar-refractivity contribution in [3.05, 3.63) is 70.2 Å². The average Bonchev–Trinajstić information content (AvgIpc) is 3.27. The van der Waals surface area contributed by atoms with E-state index in [1.807, 2.05) is 12.1 Å². The van der Waals surface area contributed by atoms with Gasteiger partial charge in [-0.1, -0.05) is 48.7 Å². The summed E-state index contributed by atoms with van der Waals surface area (Å²) in [5.41, 5.74) is 0.791. The van der Waals surface area contributed by atoms with Crippen LogP contribution >= 0.6 is 11.6 Å². The van der Waals surface area contributed by atoms with E-state index in [1.54, 1.807) is 36.4 Å². The van der Waals surface area contributed by atoms with Gasteiger partial charge >= 0.3 is 5.97 Å². The Hall–Kier alpha value is -2.66. The Morgan fingerprint density at radius 1 is 0.963 bits per heavy atom. The molecule has 0 saturated heterocycles. The van der Waals surface area contributed by atoms with E-state index in [4.69, 9.17) is 16.3 Å². The second kappa shape index (κ2) is 6.82. The molecular formula is C21H18ClNO4. The quantitative estimate of drug-likeness (QED) is 0.592. The van der Waals surface area contributed by atoms with Crippen LogP contribution in [0.4, 0.5) is 0 Å². The summed E-state index contributed by atoms with van der Waals surface area (Å²) in [6, 6.07) is 13.8. The number of imide groups is 1. The maximum Gasteiger partial charge on any atom is 0.318 e. The fourth-order valence-corrected chi connectivity index (χ4v) is 4.10. The van der Waals surface area contributed by atoms with E-state index in [0.717, 1.165) is 23.3 Å². The van der Waals surface area contributed by atoms with Crippen LogP contribution in [0.3, 0.4) is 0 Å². The minimum atomic E-state index is -0.747. The van der Waals surface area contributed by atoms with Crippen molar-refractivity contribution in [2.75, 3.05) is 6.73 Å². The van der Waals surface area contributed by atoms with Crippen LogP contribution in [0.2, 0.25) is 5.02 Å². The topological polar surface area (TPSA) is 63.7 Å². The number of halogens is 1. The molecule has 0 bridgehead atoms. The summed E-state index contributed by atoms with van der Waals surface area (Å²) in [5, 5.41) is 0.603. The molecule has 138 valence electrons. The third-order valence-electron chi connectivity index (χ3n) is 5.45. The zero-order valence-corrected chi connectivity index (χ0v) is 15.4. The number of hydrogen-bond acceptors (Lipinski definition) is 4. The number of ether oxygens (including phenoxy) is 1. The van der Waals surface area contributed by atoms with Crippen molar-refractivity contribution in [3.8, 4) is 0 Å². The Bertz CT molecular complexity index is 881. The zero-order valence-electron chi connectivity index (χ0n) is 14.6. The molecule has 6 heteroatoms. The number of nitrogens with zero attached hydrogens (tertiary/aromatic N) is 1. The van der Waals surface area contributed by atoms with Gasteiger partial charge in [0.15, 0.2) is 6.73 Å². The van der Waals surface area contributed by atoms with E-state index < -0.39 is 23.2 Å². The van der Waals surface area contributed by atoms with Crippen LogP contribution in [0.25, 0.3) is 0 Å². The van der Waals surface area contributed by atoms with Gasteiger partial charge in [0, 0.05) is 5.02 Å². The molecule has 0 radical (unpaired) electrons. The highest BCUT2D eigenvalue weighted by Gasteiger charge is 2.45. The summed E-state index contributed by atoms with van der Waals surface area (Å²) in [5.74, 6) is -1.27. The van der Waals surface area contributed by atoms with Crippen molar-refractivity contribution < 1.29 is 19.1 Å². The second-order valence-corrected chi connectivity index (χ2v) is 7.38. The summed E-state index contributed by atoms with van der Waals surface area (Å²) in [6.07, 6.45) is 3.20. The van der Waals surface area contributed by atoms with Crippen LogP contribution in [-0.4, -0.2) is 29.4 Å². The predicted octanol–water partition coefficient (Wildman–Crippen LogP) is 3.95. The lowest BCUT2D eigenvalue weighted by atomic mass is 9.79. The fourth-order valence-electron chi connectivity index (χ4n) is 3.98. The number of amides is 2. The highest BCUT2D eigenvalue weighted by atomic mass is 35.5. The first-order valence-corrected chi connectivity index (χ1v) is 9.29. The van der Waals surface area contributed by atoms with Crippen molar-refractivity contribution in [3.63, 3.8) is 0 Å². The van der Waals surface area contributed by atoms with E-state index in [9.17, 15) is 14.4 Å². The number of carbonyl (C=O) groups excluding carboxylic acids is 3. The normalized spacial score (nSPS) is 17.9. The standard InChI is InChI=1S/C21H18ClNO4/c22-15-9-7-14(8-10-15)21(11-3-4-12-21)20(26)27-13-23-18(24)16-5-1-2-6-17(16)19(23)25/h1-2,5-10H,3-4,11-13H2. The van der Waals surface area contributed by atoms with Gasteiger partial charge in [0.2, 0.25) is 0 Å². The molecule has 1 aliphatic carbocycles. The Kier molecular flexibility index (Phi) is 4.48. The molecule has 2 aromatic carbocycles. The molecule has 2 aliphatic rings. The molecule has 1 saturated carbocycles. The van der Waals surface area contributed by atoms with Crippen LogP contribution in [0.15, 0.2) is 48.5 Å². The van der Waals surface area contributed by atoms with E-state index >= 15 is 0 Å². The first-order chi connectivity index (χ1) is 13.0. The Morgan fingerprint density at radius 2 is 1.52 bits per heavy atom. The minimum Gasteiger partial charge on any atom is -0.443 e.